The van der Waals surface area contributed by atoms with Crippen LogP contribution in [0.5, 0.6) is 0 Å². The van der Waals surface area contributed by atoms with Crippen molar-refractivity contribution in [2.24, 2.45) is 5.92 Å². The fourth-order valence-corrected chi connectivity index (χ4v) is 2.28. The molecular weight excluding hydrogens is 238 g/mol. The average molecular weight is 263 g/mol. The lowest BCUT2D eigenvalue weighted by molar-refractivity contribution is -0.126. The maximum atomic E-state index is 11.9. The summed E-state index contributed by atoms with van der Waals surface area (Å²) in [6, 6.07) is 8.23. The second-order valence-corrected chi connectivity index (χ2v) is 5.70. The molecule has 19 heavy (non-hydrogen) atoms. The summed E-state index contributed by atoms with van der Waals surface area (Å²) >= 11 is 0. The maximum Gasteiger partial charge on any atom is 0.225 e. The third-order valence-electron chi connectivity index (χ3n) is 3.66. The Morgan fingerprint density at radius 2 is 2.00 bits per heavy atom. The van der Waals surface area contributed by atoms with E-state index in [1.165, 1.54) is 11.1 Å². The number of hydrogen-bond donors (Lipinski definition) is 2. The normalized spacial score (nSPS) is 13.1. The number of carbonyl (C=O) groups excluding carboxylic acids is 1. The number of aryl methyl sites for hydroxylation is 1. The second-order valence-electron chi connectivity index (χ2n) is 5.70. The van der Waals surface area contributed by atoms with Gasteiger partial charge in [-0.05, 0) is 24.5 Å². The molecule has 3 heteroatoms. The maximum absolute atomic E-state index is 11.9. The summed E-state index contributed by atoms with van der Waals surface area (Å²) in [6.07, 6.45) is 0.660. The van der Waals surface area contributed by atoms with Crippen LogP contribution in [0.1, 0.15) is 38.3 Å². The zero-order valence-electron chi connectivity index (χ0n) is 12.4. The van der Waals surface area contributed by atoms with Crippen LogP contribution in [0.4, 0.5) is 0 Å². The minimum Gasteiger partial charge on any atom is -0.396 e. The van der Waals surface area contributed by atoms with Gasteiger partial charge in [0.2, 0.25) is 5.91 Å². The van der Waals surface area contributed by atoms with Gasteiger partial charge in [-0.1, -0.05) is 45.0 Å². The fourth-order valence-electron chi connectivity index (χ4n) is 2.28. The lowest BCUT2D eigenvalue weighted by Gasteiger charge is -2.28. The highest BCUT2D eigenvalue weighted by atomic mass is 16.3. The lowest BCUT2D eigenvalue weighted by Crippen LogP contribution is -2.40. The van der Waals surface area contributed by atoms with Crippen molar-refractivity contribution in [3.63, 3.8) is 0 Å². The summed E-state index contributed by atoms with van der Waals surface area (Å²) in [6.45, 7) is 8.72. The number of benzene rings is 1. The number of aliphatic hydroxyl groups excluding tert-OH is 1. The quantitative estimate of drug-likeness (QED) is 0.828. The predicted octanol–water partition coefficient (Wildman–Crippen LogP) is 2.41. The zero-order valence-corrected chi connectivity index (χ0v) is 12.4. The summed E-state index contributed by atoms with van der Waals surface area (Å²) < 4.78 is 0. The Balaban J connectivity index is 2.71. The molecule has 0 aliphatic carbocycles. The molecule has 0 aliphatic rings. The number of amides is 1. The van der Waals surface area contributed by atoms with E-state index in [2.05, 4.69) is 38.2 Å². The van der Waals surface area contributed by atoms with Crippen molar-refractivity contribution in [1.29, 1.82) is 0 Å². The first-order chi connectivity index (χ1) is 8.92. The minimum absolute atomic E-state index is 0.0633. The number of rotatable bonds is 6. The molecule has 0 aliphatic heterocycles. The van der Waals surface area contributed by atoms with Crippen LogP contribution in [0.3, 0.4) is 0 Å². The lowest BCUT2D eigenvalue weighted by atomic mass is 9.82. The van der Waals surface area contributed by atoms with Gasteiger partial charge in [0.05, 0.1) is 12.5 Å². The standard InChI is InChI=1S/C16H25NO2/c1-5-13(10-18)15(19)17-11-16(3,4)14-9-7-6-8-12(14)2/h6-9,13,18H,5,10-11H2,1-4H3,(H,17,19). The van der Waals surface area contributed by atoms with Crippen LogP contribution in [0.15, 0.2) is 24.3 Å². The Kier molecular flexibility index (Phi) is 5.55. The predicted molar refractivity (Wildman–Crippen MR) is 78.1 cm³/mol. The smallest absolute Gasteiger partial charge is 0.225 e. The second kappa shape index (κ2) is 6.71. The molecule has 1 atom stereocenters. The summed E-state index contributed by atoms with van der Waals surface area (Å²) in [5, 5.41) is 12.1. The molecule has 1 amide bonds. The van der Waals surface area contributed by atoms with Crippen LogP contribution in [0, 0.1) is 12.8 Å². The van der Waals surface area contributed by atoms with E-state index >= 15 is 0 Å². The Morgan fingerprint density at radius 3 is 2.53 bits per heavy atom. The molecule has 3 nitrogen and oxygen atoms in total. The zero-order chi connectivity index (χ0) is 14.5. The monoisotopic (exact) mass is 263 g/mol. The Bertz CT molecular complexity index is 423. The Labute approximate surface area is 116 Å². The van der Waals surface area contributed by atoms with Crippen LogP contribution in [0.25, 0.3) is 0 Å². The molecule has 1 aromatic carbocycles. The topological polar surface area (TPSA) is 49.3 Å². The van der Waals surface area contributed by atoms with Gasteiger partial charge in [-0.3, -0.25) is 4.79 Å². The van der Waals surface area contributed by atoms with Gasteiger partial charge in [0.25, 0.3) is 0 Å². The summed E-state index contributed by atoms with van der Waals surface area (Å²) in [4.78, 5) is 11.9. The molecule has 0 aromatic heterocycles. The van der Waals surface area contributed by atoms with Gasteiger partial charge < -0.3 is 10.4 Å². The Morgan fingerprint density at radius 1 is 1.37 bits per heavy atom. The van der Waals surface area contributed by atoms with E-state index in [1.807, 2.05) is 19.1 Å². The highest BCUT2D eigenvalue weighted by Crippen LogP contribution is 2.25. The third-order valence-corrected chi connectivity index (χ3v) is 3.66. The van der Waals surface area contributed by atoms with E-state index in [0.717, 1.165) is 0 Å². The molecule has 2 N–H and O–H groups in total. The van der Waals surface area contributed by atoms with Crippen molar-refractivity contribution in [1.82, 2.24) is 5.32 Å². The summed E-state index contributed by atoms with van der Waals surface area (Å²) in [5.41, 5.74) is 2.36. The first-order valence-corrected chi connectivity index (χ1v) is 6.87. The molecule has 1 rings (SSSR count). The molecule has 1 unspecified atom stereocenters. The fraction of sp³-hybridized carbons (Fsp3) is 0.562. The third kappa shape index (κ3) is 4.06. The van der Waals surface area contributed by atoms with E-state index in [1.54, 1.807) is 0 Å². The van der Waals surface area contributed by atoms with Crippen molar-refractivity contribution in [2.75, 3.05) is 13.2 Å². The van der Waals surface area contributed by atoms with Crippen LogP contribution < -0.4 is 5.32 Å². The molecule has 0 bridgehead atoms. The van der Waals surface area contributed by atoms with Gasteiger partial charge >= 0.3 is 0 Å². The Hall–Kier alpha value is -1.35. The SMILES string of the molecule is CCC(CO)C(=O)NCC(C)(C)c1ccccc1C. The van der Waals surface area contributed by atoms with Crippen LogP contribution in [-0.4, -0.2) is 24.2 Å². The van der Waals surface area contributed by atoms with Gasteiger partial charge in [0, 0.05) is 12.0 Å². The number of hydrogen-bond acceptors (Lipinski definition) is 2. The van der Waals surface area contributed by atoms with Crippen molar-refractivity contribution in [2.45, 2.75) is 39.5 Å². The van der Waals surface area contributed by atoms with Gasteiger partial charge in [-0.2, -0.15) is 0 Å². The largest absolute Gasteiger partial charge is 0.396 e. The number of aliphatic hydroxyl groups is 1. The summed E-state index contributed by atoms with van der Waals surface area (Å²) in [5.74, 6) is -0.362. The van der Waals surface area contributed by atoms with Crippen molar-refractivity contribution in [3.8, 4) is 0 Å². The molecule has 1 aromatic rings. The van der Waals surface area contributed by atoms with Gasteiger partial charge in [-0.15, -0.1) is 0 Å². The molecule has 0 saturated carbocycles. The minimum atomic E-state index is -0.298. The van der Waals surface area contributed by atoms with E-state index in [9.17, 15) is 4.79 Å². The number of carbonyl (C=O) groups is 1. The molecule has 0 radical (unpaired) electrons. The number of nitrogens with one attached hydrogen (secondary N) is 1. The molecule has 106 valence electrons. The van der Waals surface area contributed by atoms with E-state index in [4.69, 9.17) is 5.11 Å². The van der Waals surface area contributed by atoms with Crippen molar-refractivity contribution in [3.05, 3.63) is 35.4 Å². The molecule has 0 heterocycles. The first kappa shape index (κ1) is 15.7. The summed E-state index contributed by atoms with van der Waals surface area (Å²) in [7, 11) is 0. The van der Waals surface area contributed by atoms with Crippen LogP contribution in [0.2, 0.25) is 0 Å². The van der Waals surface area contributed by atoms with E-state index in [-0.39, 0.29) is 23.8 Å². The first-order valence-electron chi connectivity index (χ1n) is 6.87. The van der Waals surface area contributed by atoms with E-state index in [0.29, 0.717) is 13.0 Å². The molecule has 0 spiro atoms. The highest BCUT2D eigenvalue weighted by molar-refractivity contribution is 5.78. The van der Waals surface area contributed by atoms with E-state index < -0.39 is 0 Å². The average Bonchev–Trinajstić information content (AvgIpc) is 2.38. The molecular formula is C16H25NO2. The van der Waals surface area contributed by atoms with Gasteiger partial charge in [0.1, 0.15) is 0 Å². The van der Waals surface area contributed by atoms with Gasteiger partial charge in [-0.25, -0.2) is 0 Å². The highest BCUT2D eigenvalue weighted by Gasteiger charge is 2.24. The van der Waals surface area contributed by atoms with Crippen molar-refractivity contribution >= 4 is 5.91 Å². The van der Waals surface area contributed by atoms with Crippen LogP contribution in [-0.2, 0) is 10.2 Å². The molecule has 0 fully saturated rings. The van der Waals surface area contributed by atoms with Gasteiger partial charge in [0.15, 0.2) is 0 Å². The van der Waals surface area contributed by atoms with Crippen LogP contribution >= 0.6 is 0 Å². The molecule has 0 saturated heterocycles. The van der Waals surface area contributed by atoms with Crippen molar-refractivity contribution < 1.29 is 9.90 Å².